The standard InChI is InChI=1S/C16H18N4S/c1-2-17-16(21)20-18-12-13-8-10-15(11-9-13)19-14-6-4-3-5-7-14/h3-12,19H,2H2,1H3,(H2,17,20,21)/b18-12-. The van der Waals surface area contributed by atoms with Gasteiger partial charge >= 0.3 is 0 Å². The normalized spacial score (nSPS) is 10.3. The maximum Gasteiger partial charge on any atom is 0.186 e. The highest BCUT2D eigenvalue weighted by Gasteiger charge is 1.94. The molecular weight excluding hydrogens is 280 g/mol. The van der Waals surface area contributed by atoms with Gasteiger partial charge < -0.3 is 10.6 Å². The SMILES string of the molecule is CCNC(=S)N/N=C\c1ccc(Nc2ccccc2)cc1. The quantitative estimate of drug-likeness (QED) is 0.450. The van der Waals surface area contributed by atoms with Crippen LogP contribution in [0.1, 0.15) is 12.5 Å². The Bertz CT molecular complexity index is 593. The molecule has 108 valence electrons. The van der Waals surface area contributed by atoms with E-state index in [1.807, 2.05) is 61.5 Å². The minimum Gasteiger partial charge on any atom is -0.362 e. The molecule has 0 amide bonds. The van der Waals surface area contributed by atoms with E-state index in [0.717, 1.165) is 23.5 Å². The molecule has 2 aromatic rings. The fraction of sp³-hybridized carbons (Fsp3) is 0.125. The highest BCUT2D eigenvalue weighted by Crippen LogP contribution is 2.15. The zero-order chi connectivity index (χ0) is 14.9. The first-order valence-corrected chi connectivity index (χ1v) is 7.18. The van der Waals surface area contributed by atoms with Crippen LogP contribution >= 0.6 is 12.2 Å². The van der Waals surface area contributed by atoms with Gasteiger partial charge in [-0.1, -0.05) is 30.3 Å². The van der Waals surface area contributed by atoms with Crippen molar-refractivity contribution in [2.24, 2.45) is 5.10 Å². The number of benzene rings is 2. The molecule has 0 unspecified atom stereocenters. The smallest absolute Gasteiger partial charge is 0.186 e. The number of thiocarbonyl (C=S) groups is 1. The topological polar surface area (TPSA) is 48.5 Å². The van der Waals surface area contributed by atoms with Crippen LogP contribution in [0.2, 0.25) is 0 Å². The van der Waals surface area contributed by atoms with Gasteiger partial charge in [0.15, 0.2) is 5.11 Å². The van der Waals surface area contributed by atoms with Crippen molar-refractivity contribution in [3.63, 3.8) is 0 Å². The fourth-order valence-electron chi connectivity index (χ4n) is 1.71. The van der Waals surface area contributed by atoms with Crippen molar-refractivity contribution < 1.29 is 0 Å². The molecule has 2 aromatic carbocycles. The van der Waals surface area contributed by atoms with E-state index in [0.29, 0.717) is 5.11 Å². The van der Waals surface area contributed by atoms with Crippen LogP contribution in [0.5, 0.6) is 0 Å². The van der Waals surface area contributed by atoms with Crippen molar-refractivity contribution in [1.29, 1.82) is 0 Å². The average Bonchev–Trinajstić information content (AvgIpc) is 2.50. The van der Waals surface area contributed by atoms with E-state index in [1.165, 1.54) is 0 Å². The Balaban J connectivity index is 1.90. The third-order valence-corrected chi connectivity index (χ3v) is 2.93. The minimum absolute atomic E-state index is 0.524. The van der Waals surface area contributed by atoms with Crippen molar-refractivity contribution in [3.05, 3.63) is 60.2 Å². The Morgan fingerprint density at radius 1 is 1.05 bits per heavy atom. The van der Waals surface area contributed by atoms with Gasteiger partial charge in [0.05, 0.1) is 6.21 Å². The molecular formula is C16H18N4S. The number of para-hydroxylation sites is 1. The Morgan fingerprint density at radius 3 is 2.38 bits per heavy atom. The number of rotatable bonds is 5. The second-order valence-electron chi connectivity index (χ2n) is 4.34. The Kier molecular flexibility index (Phi) is 5.72. The summed E-state index contributed by atoms with van der Waals surface area (Å²) in [5, 5.41) is 10.9. The van der Waals surface area contributed by atoms with Gasteiger partial charge in [0, 0.05) is 17.9 Å². The maximum atomic E-state index is 5.02. The predicted octanol–water partition coefficient (Wildman–Crippen LogP) is 3.25. The monoisotopic (exact) mass is 298 g/mol. The molecule has 0 aliphatic heterocycles. The molecule has 0 saturated carbocycles. The number of hydrogen-bond donors (Lipinski definition) is 3. The summed E-state index contributed by atoms with van der Waals surface area (Å²) in [5.74, 6) is 0. The molecule has 4 nitrogen and oxygen atoms in total. The van der Waals surface area contributed by atoms with E-state index >= 15 is 0 Å². The molecule has 0 aliphatic rings. The van der Waals surface area contributed by atoms with Gasteiger partial charge in [-0.3, -0.25) is 5.43 Å². The first-order valence-electron chi connectivity index (χ1n) is 6.77. The summed E-state index contributed by atoms with van der Waals surface area (Å²) in [5.41, 5.74) is 5.86. The average molecular weight is 298 g/mol. The third-order valence-electron chi connectivity index (χ3n) is 2.69. The summed E-state index contributed by atoms with van der Waals surface area (Å²) >= 11 is 5.02. The zero-order valence-corrected chi connectivity index (χ0v) is 12.7. The predicted molar refractivity (Wildman–Crippen MR) is 93.2 cm³/mol. The van der Waals surface area contributed by atoms with Gasteiger partial charge in [0.1, 0.15) is 0 Å². The van der Waals surface area contributed by atoms with Gasteiger partial charge in [-0.25, -0.2) is 0 Å². The van der Waals surface area contributed by atoms with Gasteiger partial charge in [0.25, 0.3) is 0 Å². The highest BCUT2D eigenvalue weighted by molar-refractivity contribution is 7.80. The zero-order valence-electron chi connectivity index (χ0n) is 11.8. The number of anilines is 2. The lowest BCUT2D eigenvalue weighted by molar-refractivity contribution is 0.904. The molecule has 0 aromatic heterocycles. The molecule has 0 heterocycles. The maximum absolute atomic E-state index is 5.02. The molecule has 0 aliphatic carbocycles. The number of nitrogens with zero attached hydrogens (tertiary/aromatic N) is 1. The van der Waals surface area contributed by atoms with E-state index < -0.39 is 0 Å². The Morgan fingerprint density at radius 2 is 1.71 bits per heavy atom. The van der Waals surface area contributed by atoms with Crippen molar-refractivity contribution in [2.45, 2.75) is 6.92 Å². The summed E-state index contributed by atoms with van der Waals surface area (Å²) in [6, 6.07) is 18.1. The number of nitrogens with one attached hydrogen (secondary N) is 3. The summed E-state index contributed by atoms with van der Waals surface area (Å²) in [6.45, 7) is 2.76. The van der Waals surface area contributed by atoms with E-state index in [2.05, 4.69) is 21.2 Å². The first-order chi connectivity index (χ1) is 10.3. The molecule has 0 atom stereocenters. The van der Waals surface area contributed by atoms with Crippen molar-refractivity contribution >= 4 is 34.9 Å². The molecule has 2 rings (SSSR count). The van der Waals surface area contributed by atoms with Crippen LogP contribution in [0, 0.1) is 0 Å². The molecule has 0 fully saturated rings. The second kappa shape index (κ2) is 8.01. The Hall–Kier alpha value is -2.40. The summed E-state index contributed by atoms with van der Waals surface area (Å²) < 4.78 is 0. The lowest BCUT2D eigenvalue weighted by atomic mass is 10.2. The van der Waals surface area contributed by atoms with Crippen LogP contribution in [-0.2, 0) is 0 Å². The van der Waals surface area contributed by atoms with Crippen LogP contribution in [0.15, 0.2) is 59.7 Å². The molecule has 5 heteroatoms. The summed E-state index contributed by atoms with van der Waals surface area (Å²) in [7, 11) is 0. The molecule has 0 bridgehead atoms. The van der Waals surface area contributed by atoms with E-state index in [4.69, 9.17) is 12.2 Å². The van der Waals surface area contributed by atoms with Gasteiger partial charge in [-0.05, 0) is 49.0 Å². The van der Waals surface area contributed by atoms with Gasteiger partial charge in [-0.2, -0.15) is 5.10 Å². The second-order valence-corrected chi connectivity index (χ2v) is 4.75. The van der Waals surface area contributed by atoms with E-state index in [-0.39, 0.29) is 0 Å². The van der Waals surface area contributed by atoms with E-state index in [1.54, 1.807) is 6.21 Å². The van der Waals surface area contributed by atoms with Crippen LogP contribution in [0.25, 0.3) is 0 Å². The summed E-state index contributed by atoms with van der Waals surface area (Å²) in [6.07, 6.45) is 1.73. The van der Waals surface area contributed by atoms with Crippen molar-refractivity contribution in [2.75, 3.05) is 11.9 Å². The van der Waals surface area contributed by atoms with Crippen molar-refractivity contribution in [3.8, 4) is 0 Å². The van der Waals surface area contributed by atoms with Gasteiger partial charge in [0.2, 0.25) is 0 Å². The molecule has 21 heavy (non-hydrogen) atoms. The van der Waals surface area contributed by atoms with Crippen molar-refractivity contribution in [1.82, 2.24) is 10.7 Å². The summed E-state index contributed by atoms with van der Waals surface area (Å²) in [4.78, 5) is 0. The van der Waals surface area contributed by atoms with Crippen LogP contribution in [0.4, 0.5) is 11.4 Å². The first kappa shape index (κ1) is 15.0. The molecule has 0 saturated heterocycles. The largest absolute Gasteiger partial charge is 0.362 e. The Labute approximate surface area is 130 Å². The minimum atomic E-state index is 0.524. The molecule has 0 radical (unpaired) electrons. The third kappa shape index (κ3) is 5.24. The van der Waals surface area contributed by atoms with Gasteiger partial charge in [-0.15, -0.1) is 0 Å². The highest BCUT2D eigenvalue weighted by atomic mass is 32.1. The van der Waals surface area contributed by atoms with Crippen LogP contribution in [0.3, 0.4) is 0 Å². The lowest BCUT2D eigenvalue weighted by Crippen LogP contribution is -2.31. The van der Waals surface area contributed by atoms with Crippen LogP contribution in [-0.4, -0.2) is 17.9 Å². The number of hydrogen-bond acceptors (Lipinski definition) is 3. The fourth-order valence-corrected chi connectivity index (χ4v) is 1.90. The van der Waals surface area contributed by atoms with Crippen LogP contribution < -0.4 is 16.1 Å². The molecule has 0 spiro atoms. The lowest BCUT2D eigenvalue weighted by Gasteiger charge is -2.06. The number of hydrazone groups is 1. The molecule has 3 N–H and O–H groups in total. The van der Waals surface area contributed by atoms with E-state index in [9.17, 15) is 0 Å².